The van der Waals surface area contributed by atoms with E-state index in [0.29, 0.717) is 5.02 Å². The van der Waals surface area contributed by atoms with E-state index in [1.54, 1.807) is 0 Å². The molecule has 0 spiro atoms. The van der Waals surface area contributed by atoms with Gasteiger partial charge in [-0.25, -0.2) is 0 Å². The molecule has 1 atom stereocenters. The maximum atomic E-state index is 6.10. The second-order valence-electron chi connectivity index (χ2n) is 3.66. The van der Waals surface area contributed by atoms with Gasteiger partial charge >= 0.3 is 0 Å². The van der Waals surface area contributed by atoms with Gasteiger partial charge in [0.1, 0.15) is 0 Å². The maximum Gasteiger partial charge on any atom is 0.0461 e. The standard InChI is InChI=1S/C11H13Cl2NS/c12-9-2-1-8(11(13)5-9)7-15-10-3-4-14-6-10/h1-2,5,10,14H,3-4,6-7H2. The molecule has 1 aromatic rings. The Bertz CT molecular complexity index is 337. The van der Waals surface area contributed by atoms with E-state index in [0.717, 1.165) is 29.1 Å². The van der Waals surface area contributed by atoms with Crippen LogP contribution < -0.4 is 5.32 Å². The molecule has 0 aliphatic carbocycles. The molecule has 1 unspecified atom stereocenters. The normalized spacial score (nSPS) is 20.8. The van der Waals surface area contributed by atoms with Gasteiger partial charge in [0.2, 0.25) is 0 Å². The molecule has 1 nitrogen and oxygen atoms in total. The van der Waals surface area contributed by atoms with Gasteiger partial charge in [-0.1, -0.05) is 29.3 Å². The summed E-state index contributed by atoms with van der Waals surface area (Å²) < 4.78 is 0. The molecule has 2 rings (SSSR count). The molecule has 15 heavy (non-hydrogen) atoms. The first kappa shape index (κ1) is 11.6. The summed E-state index contributed by atoms with van der Waals surface area (Å²) in [5, 5.41) is 5.57. The Labute approximate surface area is 105 Å². The zero-order valence-corrected chi connectivity index (χ0v) is 10.6. The zero-order chi connectivity index (χ0) is 10.7. The van der Waals surface area contributed by atoms with Gasteiger partial charge in [0.25, 0.3) is 0 Å². The van der Waals surface area contributed by atoms with E-state index in [9.17, 15) is 0 Å². The molecule has 82 valence electrons. The lowest BCUT2D eigenvalue weighted by molar-refractivity contribution is 0.858. The molecular formula is C11H13Cl2NS. The van der Waals surface area contributed by atoms with Crippen LogP contribution in [0.3, 0.4) is 0 Å². The Morgan fingerprint density at radius 3 is 2.93 bits per heavy atom. The molecule has 1 aliphatic rings. The largest absolute Gasteiger partial charge is 0.316 e. The van der Waals surface area contributed by atoms with Crippen molar-refractivity contribution < 1.29 is 0 Å². The quantitative estimate of drug-likeness (QED) is 0.893. The van der Waals surface area contributed by atoms with E-state index < -0.39 is 0 Å². The van der Waals surface area contributed by atoms with E-state index >= 15 is 0 Å². The van der Waals surface area contributed by atoms with E-state index in [2.05, 4.69) is 5.32 Å². The number of hydrogen-bond acceptors (Lipinski definition) is 2. The van der Waals surface area contributed by atoms with Crippen LogP contribution in [0.5, 0.6) is 0 Å². The summed E-state index contributed by atoms with van der Waals surface area (Å²) >= 11 is 13.9. The SMILES string of the molecule is Clc1ccc(CSC2CCNC2)c(Cl)c1. The maximum absolute atomic E-state index is 6.10. The molecule has 4 heteroatoms. The minimum absolute atomic E-state index is 0.705. The van der Waals surface area contributed by atoms with Crippen molar-refractivity contribution in [3.05, 3.63) is 33.8 Å². The highest BCUT2D eigenvalue weighted by molar-refractivity contribution is 7.99. The van der Waals surface area contributed by atoms with Crippen LogP contribution in [0.25, 0.3) is 0 Å². The van der Waals surface area contributed by atoms with Crippen molar-refractivity contribution in [3.8, 4) is 0 Å². The molecule has 0 aromatic heterocycles. The molecule has 1 fully saturated rings. The van der Waals surface area contributed by atoms with Crippen LogP contribution in [-0.2, 0) is 5.75 Å². The molecular weight excluding hydrogens is 249 g/mol. The minimum atomic E-state index is 0.705. The lowest BCUT2D eigenvalue weighted by Gasteiger charge is -2.09. The average Bonchev–Trinajstić information content (AvgIpc) is 2.69. The third-order valence-corrected chi connectivity index (χ3v) is 4.44. The van der Waals surface area contributed by atoms with Crippen LogP contribution in [0.1, 0.15) is 12.0 Å². The molecule has 1 aliphatic heterocycles. The summed E-state index contributed by atoms with van der Waals surface area (Å²) in [7, 11) is 0. The third-order valence-electron chi connectivity index (χ3n) is 2.50. The molecule has 1 N–H and O–H groups in total. The number of nitrogens with one attached hydrogen (secondary N) is 1. The van der Waals surface area contributed by atoms with E-state index in [-0.39, 0.29) is 0 Å². The van der Waals surface area contributed by atoms with Crippen molar-refractivity contribution in [1.29, 1.82) is 0 Å². The van der Waals surface area contributed by atoms with Gasteiger partial charge in [-0.15, -0.1) is 0 Å². The van der Waals surface area contributed by atoms with E-state index in [4.69, 9.17) is 23.2 Å². The first-order valence-electron chi connectivity index (χ1n) is 5.02. The summed E-state index contributed by atoms with van der Waals surface area (Å²) in [6.45, 7) is 2.27. The summed E-state index contributed by atoms with van der Waals surface area (Å²) in [6, 6.07) is 5.72. The number of thioether (sulfide) groups is 1. The summed E-state index contributed by atoms with van der Waals surface area (Å²) in [4.78, 5) is 0. The van der Waals surface area contributed by atoms with Gasteiger partial charge in [-0.2, -0.15) is 11.8 Å². The fourth-order valence-corrected chi connectivity index (χ4v) is 3.36. The highest BCUT2D eigenvalue weighted by Crippen LogP contribution is 2.28. The second kappa shape index (κ2) is 5.44. The zero-order valence-electron chi connectivity index (χ0n) is 8.30. The van der Waals surface area contributed by atoms with Crippen molar-refractivity contribution in [2.75, 3.05) is 13.1 Å². The molecule has 0 bridgehead atoms. The van der Waals surface area contributed by atoms with Gasteiger partial charge in [-0.05, 0) is 30.7 Å². The fraction of sp³-hybridized carbons (Fsp3) is 0.455. The third kappa shape index (κ3) is 3.28. The Morgan fingerprint density at radius 1 is 1.40 bits per heavy atom. The van der Waals surface area contributed by atoms with Crippen molar-refractivity contribution >= 4 is 35.0 Å². The lowest BCUT2D eigenvalue weighted by atomic mass is 10.2. The predicted molar refractivity (Wildman–Crippen MR) is 69.0 cm³/mol. The van der Waals surface area contributed by atoms with Crippen molar-refractivity contribution in [2.45, 2.75) is 17.4 Å². The van der Waals surface area contributed by atoms with Crippen LogP contribution in [-0.4, -0.2) is 18.3 Å². The summed E-state index contributed by atoms with van der Waals surface area (Å²) in [6.07, 6.45) is 1.26. The van der Waals surface area contributed by atoms with Crippen LogP contribution in [0, 0.1) is 0 Å². The Morgan fingerprint density at radius 2 is 2.27 bits per heavy atom. The Kier molecular flexibility index (Phi) is 4.21. The van der Waals surface area contributed by atoms with Crippen LogP contribution in [0.4, 0.5) is 0 Å². The first-order valence-corrected chi connectivity index (χ1v) is 6.82. The topological polar surface area (TPSA) is 12.0 Å². The van der Waals surface area contributed by atoms with E-state index in [1.165, 1.54) is 12.0 Å². The Hall–Kier alpha value is 0.110. The summed E-state index contributed by atoms with van der Waals surface area (Å²) in [5.74, 6) is 0.975. The number of benzene rings is 1. The van der Waals surface area contributed by atoms with Gasteiger partial charge < -0.3 is 5.32 Å². The molecule has 0 radical (unpaired) electrons. The first-order chi connectivity index (χ1) is 7.25. The molecule has 1 heterocycles. The van der Waals surface area contributed by atoms with Crippen LogP contribution in [0.15, 0.2) is 18.2 Å². The smallest absolute Gasteiger partial charge is 0.0461 e. The minimum Gasteiger partial charge on any atom is -0.316 e. The summed E-state index contributed by atoms with van der Waals surface area (Å²) in [5.41, 5.74) is 1.18. The van der Waals surface area contributed by atoms with E-state index in [1.807, 2.05) is 30.0 Å². The van der Waals surface area contributed by atoms with Crippen molar-refractivity contribution in [3.63, 3.8) is 0 Å². The van der Waals surface area contributed by atoms with Crippen molar-refractivity contribution in [1.82, 2.24) is 5.32 Å². The Balaban J connectivity index is 1.92. The predicted octanol–water partition coefficient (Wildman–Crippen LogP) is 3.59. The fourth-order valence-electron chi connectivity index (χ4n) is 1.62. The van der Waals surface area contributed by atoms with Gasteiger partial charge in [0.05, 0.1) is 0 Å². The number of halogens is 2. The lowest BCUT2D eigenvalue weighted by Crippen LogP contribution is -2.10. The molecule has 1 aromatic carbocycles. The van der Waals surface area contributed by atoms with Gasteiger partial charge in [0.15, 0.2) is 0 Å². The van der Waals surface area contributed by atoms with Gasteiger partial charge in [-0.3, -0.25) is 0 Å². The highest BCUT2D eigenvalue weighted by atomic mass is 35.5. The van der Waals surface area contributed by atoms with Crippen molar-refractivity contribution in [2.24, 2.45) is 0 Å². The average molecular weight is 262 g/mol. The molecule has 0 amide bonds. The highest BCUT2D eigenvalue weighted by Gasteiger charge is 2.15. The number of hydrogen-bond donors (Lipinski definition) is 1. The van der Waals surface area contributed by atoms with Gasteiger partial charge in [0, 0.05) is 27.6 Å². The van der Waals surface area contributed by atoms with Crippen LogP contribution in [0.2, 0.25) is 10.0 Å². The molecule has 0 saturated carbocycles. The number of rotatable bonds is 3. The van der Waals surface area contributed by atoms with Crippen LogP contribution >= 0.6 is 35.0 Å². The monoisotopic (exact) mass is 261 g/mol. The molecule has 1 saturated heterocycles. The second-order valence-corrected chi connectivity index (χ2v) is 5.79.